The second-order valence-electron chi connectivity index (χ2n) is 11.1. The predicted molar refractivity (Wildman–Crippen MR) is 139 cm³/mol. The van der Waals surface area contributed by atoms with Gasteiger partial charge < -0.3 is 9.84 Å². The number of benzene rings is 2. The van der Waals surface area contributed by atoms with E-state index in [-0.39, 0.29) is 5.88 Å². The number of hydrogen-bond acceptors (Lipinski definition) is 5. The highest BCUT2D eigenvalue weighted by Gasteiger charge is 2.49. The van der Waals surface area contributed by atoms with Gasteiger partial charge in [-0.3, -0.25) is 14.3 Å². The van der Waals surface area contributed by atoms with Gasteiger partial charge in [0.2, 0.25) is 5.88 Å². The third kappa shape index (κ3) is 4.61. The van der Waals surface area contributed by atoms with Gasteiger partial charge in [0.15, 0.2) is 5.69 Å². The van der Waals surface area contributed by atoms with Crippen molar-refractivity contribution in [3.8, 4) is 11.6 Å². The van der Waals surface area contributed by atoms with Gasteiger partial charge in [-0.2, -0.15) is 0 Å². The van der Waals surface area contributed by atoms with Gasteiger partial charge in [0.05, 0.1) is 19.3 Å². The molecule has 2 atom stereocenters. The van der Waals surface area contributed by atoms with Crippen molar-refractivity contribution in [1.82, 2.24) is 9.47 Å². The Labute approximate surface area is 213 Å². The van der Waals surface area contributed by atoms with Crippen molar-refractivity contribution < 1.29 is 14.6 Å². The zero-order valence-corrected chi connectivity index (χ0v) is 22.2. The molecule has 8 heteroatoms. The zero-order valence-electron chi connectivity index (χ0n) is 20.6. The molecule has 0 spiro atoms. The molecule has 1 aliphatic carbocycles. The third-order valence-electron chi connectivity index (χ3n) is 7.40. The summed E-state index contributed by atoms with van der Waals surface area (Å²) in [6.07, 6.45) is 3.55. The Morgan fingerprint density at radius 2 is 1.91 bits per heavy atom. The molecule has 7 nitrogen and oxygen atoms in total. The molecule has 2 fully saturated rings. The predicted octanol–water partition coefficient (Wildman–Crippen LogP) is 6.90. The smallest absolute Gasteiger partial charge is 0.295 e. The maximum Gasteiger partial charge on any atom is 0.295 e. The molecule has 1 saturated carbocycles. The highest BCUT2D eigenvalue weighted by molar-refractivity contribution is 9.10. The van der Waals surface area contributed by atoms with E-state index >= 15 is 0 Å². The van der Waals surface area contributed by atoms with Crippen LogP contribution in [0.1, 0.15) is 50.4 Å². The van der Waals surface area contributed by atoms with Gasteiger partial charge in [-0.25, -0.2) is 0 Å². The van der Waals surface area contributed by atoms with E-state index in [1.54, 1.807) is 31.4 Å². The molecule has 184 valence electrons. The van der Waals surface area contributed by atoms with Crippen molar-refractivity contribution in [3.63, 3.8) is 0 Å². The van der Waals surface area contributed by atoms with Crippen molar-refractivity contribution in [1.29, 1.82) is 0 Å². The molecule has 1 aromatic heterocycles. The van der Waals surface area contributed by atoms with Crippen LogP contribution in [0.25, 0.3) is 10.9 Å². The van der Waals surface area contributed by atoms with Gasteiger partial charge >= 0.3 is 0 Å². The minimum atomic E-state index is -0.480. The molecule has 2 unspecified atom stereocenters. The minimum absolute atomic E-state index is 0.0234. The molecule has 2 heterocycles. The summed E-state index contributed by atoms with van der Waals surface area (Å²) in [5, 5.41) is 20.2. The maximum absolute atomic E-state index is 12.6. The average Bonchev–Trinajstić information content (AvgIpc) is 3.19. The van der Waals surface area contributed by atoms with E-state index in [4.69, 9.17) is 4.74 Å². The highest BCUT2D eigenvalue weighted by atomic mass is 79.9. The van der Waals surface area contributed by atoms with E-state index in [1.165, 1.54) is 12.8 Å². The molecule has 2 aromatic carbocycles. The number of halogens is 1. The van der Waals surface area contributed by atoms with Crippen LogP contribution in [-0.2, 0) is 6.67 Å². The van der Waals surface area contributed by atoms with E-state index in [0.29, 0.717) is 40.5 Å². The number of ether oxygens (including phenoxy) is 1. The fraction of sp³-hybridized carbons (Fsp3) is 0.444. The van der Waals surface area contributed by atoms with Gasteiger partial charge in [0.1, 0.15) is 5.75 Å². The molecule has 1 amide bonds. The van der Waals surface area contributed by atoms with E-state index in [9.17, 15) is 9.90 Å². The number of aromatic nitrogens is 1. The molecule has 2 bridgehead atoms. The van der Waals surface area contributed by atoms with E-state index < -0.39 is 5.91 Å². The minimum Gasteiger partial charge on any atom is -0.497 e. The monoisotopic (exact) mass is 538 g/mol. The van der Waals surface area contributed by atoms with Crippen LogP contribution in [0.3, 0.4) is 0 Å². The Balaban J connectivity index is 1.47. The lowest BCUT2D eigenvalue weighted by Crippen LogP contribution is -2.35. The fourth-order valence-corrected chi connectivity index (χ4v) is 6.71. The van der Waals surface area contributed by atoms with Crippen LogP contribution in [0, 0.1) is 10.8 Å². The zero-order chi connectivity index (χ0) is 25.0. The van der Waals surface area contributed by atoms with Crippen molar-refractivity contribution >= 4 is 38.4 Å². The Morgan fingerprint density at radius 3 is 2.63 bits per heavy atom. The van der Waals surface area contributed by atoms with E-state index in [0.717, 1.165) is 28.3 Å². The quantitative estimate of drug-likeness (QED) is 0.358. The first-order valence-electron chi connectivity index (χ1n) is 11.9. The number of methoxy groups -OCH3 is 1. The molecule has 1 aliphatic heterocycles. The van der Waals surface area contributed by atoms with Crippen LogP contribution in [0.5, 0.6) is 11.6 Å². The molecule has 0 radical (unpaired) electrons. The maximum atomic E-state index is 12.6. The molecular formula is C27H31BrN4O3. The third-order valence-corrected chi connectivity index (χ3v) is 7.89. The first-order valence-corrected chi connectivity index (χ1v) is 12.7. The number of likely N-dealkylation sites (tertiary alicyclic amines) is 1. The average molecular weight is 539 g/mol. The summed E-state index contributed by atoms with van der Waals surface area (Å²) < 4.78 is 7.91. The standard InChI is InChI=1S/C27H31BrN4O3/c1-26(2)12-19-13-27(3,14-26)15-31(19)16-32-22-10-7-18(28)11-21(22)23(25(32)34)29-30-24(33)17-5-8-20(35-4)9-6-17/h5-11,19,34H,12-16H2,1-4H3. The number of rotatable bonds is 5. The first kappa shape index (κ1) is 24.0. The molecule has 5 rings (SSSR count). The normalized spacial score (nSPS) is 23.9. The molecule has 1 saturated heterocycles. The van der Waals surface area contributed by atoms with Crippen molar-refractivity contribution in [2.24, 2.45) is 21.1 Å². The van der Waals surface area contributed by atoms with Crippen molar-refractivity contribution in [2.45, 2.75) is 52.7 Å². The molecular weight excluding hydrogens is 508 g/mol. The van der Waals surface area contributed by atoms with Crippen LogP contribution in [-0.4, -0.2) is 40.2 Å². The van der Waals surface area contributed by atoms with Crippen LogP contribution in [0.4, 0.5) is 5.69 Å². The van der Waals surface area contributed by atoms with Crippen LogP contribution in [0.2, 0.25) is 0 Å². The summed E-state index contributed by atoms with van der Waals surface area (Å²) in [6, 6.07) is 13.0. The molecule has 2 aliphatic rings. The first-order chi connectivity index (χ1) is 16.6. The van der Waals surface area contributed by atoms with Crippen molar-refractivity contribution in [3.05, 3.63) is 52.5 Å². The number of nitrogens with zero attached hydrogens (tertiary/aromatic N) is 4. The number of fused-ring (bicyclic) bond motifs is 3. The largest absolute Gasteiger partial charge is 0.497 e. The van der Waals surface area contributed by atoms with Gasteiger partial charge in [-0.05, 0) is 72.6 Å². The molecule has 3 aromatic rings. The topological polar surface area (TPSA) is 79.4 Å². The Bertz CT molecular complexity index is 1310. The van der Waals surface area contributed by atoms with Gasteiger partial charge in [-0.15, -0.1) is 10.2 Å². The molecule has 35 heavy (non-hydrogen) atoms. The van der Waals surface area contributed by atoms with Crippen molar-refractivity contribution in [2.75, 3.05) is 13.7 Å². The lowest BCUT2D eigenvalue weighted by molar-refractivity contribution is 0.0995. The van der Waals surface area contributed by atoms with Gasteiger partial charge in [0, 0.05) is 28.0 Å². The van der Waals surface area contributed by atoms with Gasteiger partial charge in [-0.1, -0.05) is 36.7 Å². The second kappa shape index (κ2) is 8.75. The van der Waals surface area contributed by atoms with E-state index in [2.05, 4.69) is 51.8 Å². The van der Waals surface area contributed by atoms with Crippen LogP contribution < -0.4 is 4.74 Å². The fourth-order valence-electron chi connectivity index (χ4n) is 6.35. The van der Waals surface area contributed by atoms with Crippen LogP contribution in [0.15, 0.2) is 57.2 Å². The number of hydrogen-bond donors (Lipinski definition) is 1. The number of aromatic hydroxyl groups is 1. The Kier molecular flexibility index (Phi) is 6.00. The Morgan fingerprint density at radius 1 is 1.17 bits per heavy atom. The van der Waals surface area contributed by atoms with Crippen LogP contribution >= 0.6 is 15.9 Å². The summed E-state index contributed by atoms with van der Waals surface area (Å²) in [5.74, 6) is 0.203. The summed E-state index contributed by atoms with van der Waals surface area (Å²) >= 11 is 3.52. The summed E-state index contributed by atoms with van der Waals surface area (Å²) in [7, 11) is 1.57. The highest BCUT2D eigenvalue weighted by Crippen LogP contribution is 2.53. The van der Waals surface area contributed by atoms with Gasteiger partial charge in [0.25, 0.3) is 5.91 Å². The summed E-state index contributed by atoms with van der Waals surface area (Å²) in [4.78, 5) is 15.1. The Hall–Kier alpha value is -2.71. The lowest BCUT2D eigenvalue weighted by atomic mass is 9.65. The summed E-state index contributed by atoms with van der Waals surface area (Å²) in [6.45, 7) is 8.68. The number of carbonyl (C=O) groups is 1. The lowest BCUT2D eigenvalue weighted by Gasteiger charge is -2.40. The summed E-state index contributed by atoms with van der Waals surface area (Å²) in [5.41, 5.74) is 2.18. The molecule has 1 N–H and O–H groups in total. The second-order valence-corrected chi connectivity index (χ2v) is 12.0. The SMILES string of the molecule is COc1ccc(C(=O)N=Nc2c(O)n(CN3CC4(C)CC3CC(C)(C)C4)c3ccc(Br)cc23)cc1. The number of azo groups is 1. The number of amides is 1. The number of carbonyl (C=O) groups excluding carboxylic acids is 1. The van der Waals surface area contributed by atoms with E-state index in [1.807, 2.05) is 22.8 Å².